The molecule has 0 aliphatic carbocycles. The molecule has 8 heteroatoms. The molecular formula is C17H11ClF4N2O. The first-order valence-corrected chi connectivity index (χ1v) is 7.54. The molecule has 2 aromatic carbocycles. The minimum atomic E-state index is -4.50. The highest BCUT2D eigenvalue weighted by molar-refractivity contribution is 6.34. The van der Waals surface area contributed by atoms with Gasteiger partial charge in [-0.3, -0.25) is 4.79 Å². The standard InChI is InChI=1S/C17H11ClF4N2O/c18-14-5-9(1-3-12(14)16(25)24-8-17(20,21)22)13-7-23-15-6-10(19)2-4-11(13)15/h1-7,23H,8H2,(H,24,25). The molecule has 0 radical (unpaired) electrons. The lowest BCUT2D eigenvalue weighted by Gasteiger charge is -2.10. The molecule has 2 N–H and O–H groups in total. The number of carbonyl (C=O) groups is 1. The van der Waals surface area contributed by atoms with Crippen molar-refractivity contribution < 1.29 is 22.4 Å². The molecule has 0 unspecified atom stereocenters. The zero-order chi connectivity index (χ0) is 18.2. The average Bonchev–Trinajstić information content (AvgIpc) is 2.94. The van der Waals surface area contributed by atoms with E-state index in [1.54, 1.807) is 23.6 Å². The number of aromatic nitrogens is 1. The van der Waals surface area contributed by atoms with E-state index in [1.165, 1.54) is 24.3 Å². The number of rotatable bonds is 3. The number of fused-ring (bicyclic) bond motifs is 1. The molecule has 3 aromatic rings. The van der Waals surface area contributed by atoms with Gasteiger partial charge in [-0.2, -0.15) is 13.2 Å². The van der Waals surface area contributed by atoms with Crippen LogP contribution in [0.5, 0.6) is 0 Å². The van der Waals surface area contributed by atoms with Crippen LogP contribution in [0.3, 0.4) is 0 Å². The maximum absolute atomic E-state index is 13.2. The molecule has 0 saturated carbocycles. The summed E-state index contributed by atoms with van der Waals surface area (Å²) in [6, 6.07) is 8.68. The summed E-state index contributed by atoms with van der Waals surface area (Å²) in [7, 11) is 0. The summed E-state index contributed by atoms with van der Waals surface area (Å²) in [5.74, 6) is -1.29. The van der Waals surface area contributed by atoms with Crippen LogP contribution >= 0.6 is 11.6 Å². The van der Waals surface area contributed by atoms with Crippen LogP contribution in [0.1, 0.15) is 10.4 Å². The minimum Gasteiger partial charge on any atom is -0.360 e. The number of aromatic amines is 1. The first kappa shape index (κ1) is 17.3. The molecule has 3 nitrogen and oxygen atoms in total. The van der Waals surface area contributed by atoms with Crippen molar-refractivity contribution in [3.05, 3.63) is 59.0 Å². The smallest absolute Gasteiger partial charge is 0.360 e. The van der Waals surface area contributed by atoms with E-state index in [0.717, 1.165) is 10.9 Å². The summed E-state index contributed by atoms with van der Waals surface area (Å²) in [6.45, 7) is -1.43. The maximum Gasteiger partial charge on any atom is 0.405 e. The van der Waals surface area contributed by atoms with Crippen LogP contribution in [0, 0.1) is 5.82 Å². The second-order valence-corrected chi connectivity index (χ2v) is 5.79. The van der Waals surface area contributed by atoms with Gasteiger partial charge in [0.2, 0.25) is 0 Å². The summed E-state index contributed by atoms with van der Waals surface area (Å²) in [5, 5.41) is 2.55. The number of nitrogens with one attached hydrogen (secondary N) is 2. The molecular weight excluding hydrogens is 360 g/mol. The number of H-pyrrole nitrogens is 1. The van der Waals surface area contributed by atoms with Crippen molar-refractivity contribution >= 4 is 28.4 Å². The summed E-state index contributed by atoms with van der Waals surface area (Å²) in [5.41, 5.74) is 1.92. The van der Waals surface area contributed by atoms with E-state index in [-0.39, 0.29) is 16.4 Å². The van der Waals surface area contributed by atoms with Gasteiger partial charge in [-0.1, -0.05) is 17.7 Å². The fourth-order valence-electron chi connectivity index (χ4n) is 2.48. The molecule has 0 aliphatic rings. The molecule has 0 bridgehead atoms. The topological polar surface area (TPSA) is 44.9 Å². The van der Waals surface area contributed by atoms with Crippen molar-refractivity contribution in [2.24, 2.45) is 0 Å². The Balaban J connectivity index is 1.90. The molecule has 0 aliphatic heterocycles. The zero-order valence-electron chi connectivity index (χ0n) is 12.5. The summed E-state index contributed by atoms with van der Waals surface area (Å²) >= 11 is 6.06. The monoisotopic (exact) mass is 370 g/mol. The highest BCUT2D eigenvalue weighted by Gasteiger charge is 2.28. The molecule has 0 fully saturated rings. The Bertz CT molecular complexity index is 949. The van der Waals surface area contributed by atoms with Gasteiger partial charge < -0.3 is 10.3 Å². The van der Waals surface area contributed by atoms with Crippen LogP contribution in [0.4, 0.5) is 17.6 Å². The lowest BCUT2D eigenvalue weighted by molar-refractivity contribution is -0.123. The number of halogens is 5. The molecule has 0 saturated heterocycles. The quantitative estimate of drug-likeness (QED) is 0.631. The minimum absolute atomic E-state index is 0.0219. The van der Waals surface area contributed by atoms with Gasteiger partial charge in [-0.25, -0.2) is 4.39 Å². The van der Waals surface area contributed by atoms with Crippen LogP contribution in [0.2, 0.25) is 5.02 Å². The third-order valence-electron chi connectivity index (χ3n) is 3.62. The van der Waals surface area contributed by atoms with Gasteiger partial charge in [-0.15, -0.1) is 0 Å². The van der Waals surface area contributed by atoms with Gasteiger partial charge in [0.25, 0.3) is 5.91 Å². The first-order valence-electron chi connectivity index (χ1n) is 7.16. The van der Waals surface area contributed by atoms with Gasteiger partial charge in [-0.05, 0) is 35.9 Å². The Morgan fingerprint density at radius 3 is 2.60 bits per heavy atom. The Hall–Kier alpha value is -2.54. The lowest BCUT2D eigenvalue weighted by atomic mass is 10.0. The summed E-state index contributed by atoms with van der Waals surface area (Å²) in [6.07, 6.45) is -2.83. The molecule has 1 amide bonds. The number of carbonyl (C=O) groups excluding carboxylic acids is 1. The highest BCUT2D eigenvalue weighted by atomic mass is 35.5. The second kappa shape index (κ2) is 6.40. The third-order valence-corrected chi connectivity index (χ3v) is 3.93. The Labute approximate surface area is 144 Å². The normalized spacial score (nSPS) is 11.7. The van der Waals surface area contributed by atoms with Crippen molar-refractivity contribution in [3.8, 4) is 11.1 Å². The average molecular weight is 371 g/mol. The highest BCUT2D eigenvalue weighted by Crippen LogP contribution is 2.31. The van der Waals surface area contributed by atoms with E-state index in [0.29, 0.717) is 11.1 Å². The Morgan fingerprint density at radius 2 is 1.92 bits per heavy atom. The van der Waals surface area contributed by atoms with Crippen molar-refractivity contribution in [2.45, 2.75) is 6.18 Å². The van der Waals surface area contributed by atoms with Gasteiger partial charge >= 0.3 is 6.18 Å². The van der Waals surface area contributed by atoms with E-state index >= 15 is 0 Å². The maximum atomic E-state index is 13.2. The number of hydrogen-bond acceptors (Lipinski definition) is 1. The summed E-state index contributed by atoms with van der Waals surface area (Å²) < 4.78 is 49.8. The lowest BCUT2D eigenvalue weighted by Crippen LogP contribution is -2.33. The van der Waals surface area contributed by atoms with E-state index in [1.807, 2.05) is 0 Å². The number of benzene rings is 2. The number of alkyl halides is 3. The van der Waals surface area contributed by atoms with Crippen molar-refractivity contribution in [3.63, 3.8) is 0 Å². The number of hydrogen-bond donors (Lipinski definition) is 2. The molecule has 0 spiro atoms. The fourth-order valence-corrected chi connectivity index (χ4v) is 2.75. The van der Waals surface area contributed by atoms with E-state index in [2.05, 4.69) is 4.98 Å². The molecule has 25 heavy (non-hydrogen) atoms. The van der Waals surface area contributed by atoms with Crippen LogP contribution < -0.4 is 5.32 Å². The molecule has 130 valence electrons. The van der Waals surface area contributed by atoms with Gasteiger partial charge in [0, 0.05) is 22.7 Å². The Kier molecular flexibility index (Phi) is 4.43. The predicted molar refractivity (Wildman–Crippen MR) is 87.1 cm³/mol. The molecule has 0 atom stereocenters. The van der Waals surface area contributed by atoms with Crippen molar-refractivity contribution in [2.75, 3.05) is 6.54 Å². The molecule has 1 heterocycles. The van der Waals surface area contributed by atoms with Gasteiger partial charge in [0.05, 0.1) is 10.6 Å². The van der Waals surface area contributed by atoms with Gasteiger partial charge in [0.1, 0.15) is 12.4 Å². The van der Waals surface area contributed by atoms with E-state index in [9.17, 15) is 22.4 Å². The zero-order valence-corrected chi connectivity index (χ0v) is 13.3. The predicted octanol–water partition coefficient (Wildman–Crippen LogP) is 4.92. The molecule has 1 aromatic heterocycles. The van der Waals surface area contributed by atoms with E-state index in [4.69, 9.17) is 11.6 Å². The molecule has 3 rings (SSSR count). The Morgan fingerprint density at radius 1 is 1.16 bits per heavy atom. The third kappa shape index (κ3) is 3.76. The van der Waals surface area contributed by atoms with Gasteiger partial charge in [0.15, 0.2) is 0 Å². The van der Waals surface area contributed by atoms with Crippen molar-refractivity contribution in [1.82, 2.24) is 10.3 Å². The van der Waals surface area contributed by atoms with Crippen LogP contribution in [-0.4, -0.2) is 23.6 Å². The van der Waals surface area contributed by atoms with Crippen LogP contribution in [0.25, 0.3) is 22.0 Å². The van der Waals surface area contributed by atoms with Crippen molar-refractivity contribution in [1.29, 1.82) is 0 Å². The SMILES string of the molecule is O=C(NCC(F)(F)F)c1ccc(-c2c[nH]c3cc(F)ccc23)cc1Cl. The van der Waals surface area contributed by atoms with Crippen LogP contribution in [-0.2, 0) is 0 Å². The largest absolute Gasteiger partial charge is 0.405 e. The second-order valence-electron chi connectivity index (χ2n) is 5.38. The van der Waals surface area contributed by atoms with E-state index < -0.39 is 18.6 Å². The van der Waals surface area contributed by atoms with Crippen LogP contribution in [0.15, 0.2) is 42.6 Å². The summed E-state index contributed by atoms with van der Waals surface area (Å²) in [4.78, 5) is 14.8. The number of amides is 1. The fraction of sp³-hybridized carbons (Fsp3) is 0.118. The first-order chi connectivity index (χ1) is 11.7.